The molecule has 0 saturated heterocycles. The molecule has 1 aliphatic rings. The second-order valence-corrected chi connectivity index (χ2v) is 6.67. The summed E-state index contributed by atoms with van der Waals surface area (Å²) < 4.78 is 1.20. The van der Waals surface area contributed by atoms with Crippen LogP contribution in [0.3, 0.4) is 0 Å². The van der Waals surface area contributed by atoms with Gasteiger partial charge in [-0.3, -0.25) is 0 Å². The lowest BCUT2D eigenvalue weighted by atomic mass is 9.76. The second-order valence-electron chi connectivity index (χ2n) is 5.75. The Morgan fingerprint density at radius 2 is 2.00 bits per heavy atom. The molecule has 0 bridgehead atoms. The van der Waals surface area contributed by atoms with E-state index in [0.717, 1.165) is 18.5 Å². The molecule has 2 nitrogen and oxygen atoms in total. The fraction of sp³-hybridized carbons (Fsp3) is 0.647. The third-order valence-electron chi connectivity index (χ3n) is 4.44. The molecule has 0 aliphatic heterocycles. The van der Waals surface area contributed by atoms with E-state index in [1.54, 1.807) is 0 Å². The van der Waals surface area contributed by atoms with Crippen LogP contribution in [0.15, 0.2) is 28.7 Å². The summed E-state index contributed by atoms with van der Waals surface area (Å²) in [6.07, 6.45) is 3.85. The van der Waals surface area contributed by atoms with Gasteiger partial charge >= 0.3 is 0 Å². The Bertz CT molecular complexity index is 398. The van der Waals surface area contributed by atoms with Crippen LogP contribution in [0, 0.1) is 0 Å². The van der Waals surface area contributed by atoms with Crippen LogP contribution in [0.25, 0.3) is 0 Å². The molecule has 1 aromatic rings. The zero-order valence-electron chi connectivity index (χ0n) is 12.7. The Kier molecular flexibility index (Phi) is 6.53. The summed E-state index contributed by atoms with van der Waals surface area (Å²) in [5, 5.41) is 3.70. The summed E-state index contributed by atoms with van der Waals surface area (Å²) in [5.74, 6) is 0.757. The van der Waals surface area contributed by atoms with Crippen LogP contribution in [-0.2, 0) is 0 Å². The minimum absolute atomic E-state index is 0.732. The minimum Gasteiger partial charge on any atom is -0.314 e. The van der Waals surface area contributed by atoms with Gasteiger partial charge in [0.1, 0.15) is 0 Å². The van der Waals surface area contributed by atoms with Gasteiger partial charge in [0.2, 0.25) is 0 Å². The lowest BCUT2D eigenvalue weighted by Crippen LogP contribution is -2.41. The van der Waals surface area contributed by atoms with Crippen LogP contribution in [0.4, 0.5) is 0 Å². The first kappa shape index (κ1) is 16.0. The number of rotatable bonds is 8. The first-order valence-electron chi connectivity index (χ1n) is 7.94. The van der Waals surface area contributed by atoms with Crippen molar-refractivity contribution in [3.05, 3.63) is 34.3 Å². The van der Waals surface area contributed by atoms with Gasteiger partial charge in [-0.2, -0.15) is 0 Å². The normalized spacial score (nSPS) is 22.0. The van der Waals surface area contributed by atoms with Crippen molar-refractivity contribution in [2.24, 2.45) is 0 Å². The molecule has 0 amide bonds. The summed E-state index contributed by atoms with van der Waals surface area (Å²) in [6, 6.07) is 9.50. The molecule has 0 radical (unpaired) electrons. The molecule has 0 spiro atoms. The van der Waals surface area contributed by atoms with E-state index in [1.165, 1.54) is 48.9 Å². The number of nitrogens with zero attached hydrogens (tertiary/aromatic N) is 1. The van der Waals surface area contributed by atoms with Gasteiger partial charge < -0.3 is 10.2 Å². The predicted molar refractivity (Wildman–Crippen MR) is 90.3 cm³/mol. The van der Waals surface area contributed by atoms with E-state index in [0.29, 0.717) is 0 Å². The van der Waals surface area contributed by atoms with Crippen molar-refractivity contribution >= 4 is 15.9 Å². The van der Waals surface area contributed by atoms with Crippen LogP contribution >= 0.6 is 15.9 Å². The molecule has 1 N–H and O–H groups in total. The number of hydrogen-bond acceptors (Lipinski definition) is 2. The van der Waals surface area contributed by atoms with Gasteiger partial charge in [-0.05, 0) is 69.1 Å². The highest BCUT2D eigenvalue weighted by atomic mass is 79.9. The maximum atomic E-state index is 3.70. The van der Waals surface area contributed by atoms with Gasteiger partial charge in [-0.25, -0.2) is 0 Å². The monoisotopic (exact) mass is 338 g/mol. The molecule has 0 aromatic heterocycles. The molecular weight excluding hydrogens is 312 g/mol. The smallest absolute Gasteiger partial charge is 0.0178 e. The van der Waals surface area contributed by atoms with E-state index in [4.69, 9.17) is 0 Å². The predicted octanol–water partition coefficient (Wildman–Crippen LogP) is 4.02. The minimum atomic E-state index is 0.732. The van der Waals surface area contributed by atoms with Crippen molar-refractivity contribution in [2.75, 3.05) is 26.2 Å². The molecule has 112 valence electrons. The van der Waals surface area contributed by atoms with Gasteiger partial charge in [0.05, 0.1) is 0 Å². The van der Waals surface area contributed by atoms with Crippen molar-refractivity contribution < 1.29 is 0 Å². The Morgan fingerprint density at radius 3 is 2.65 bits per heavy atom. The number of nitrogens with one attached hydrogen (secondary N) is 1. The first-order valence-corrected chi connectivity index (χ1v) is 8.73. The average molecular weight is 339 g/mol. The van der Waals surface area contributed by atoms with E-state index < -0.39 is 0 Å². The molecule has 0 heterocycles. The zero-order valence-corrected chi connectivity index (χ0v) is 14.3. The molecule has 1 saturated carbocycles. The highest BCUT2D eigenvalue weighted by molar-refractivity contribution is 9.10. The summed E-state index contributed by atoms with van der Waals surface area (Å²) >= 11 is 3.56. The molecule has 1 fully saturated rings. The third kappa shape index (κ3) is 4.57. The van der Waals surface area contributed by atoms with E-state index >= 15 is 0 Å². The van der Waals surface area contributed by atoms with E-state index in [1.807, 2.05) is 0 Å². The highest BCUT2D eigenvalue weighted by Gasteiger charge is 2.29. The van der Waals surface area contributed by atoms with Gasteiger partial charge in [-0.1, -0.05) is 41.9 Å². The molecule has 20 heavy (non-hydrogen) atoms. The van der Waals surface area contributed by atoms with Crippen LogP contribution < -0.4 is 5.32 Å². The summed E-state index contributed by atoms with van der Waals surface area (Å²) in [6.45, 7) is 9.21. The van der Waals surface area contributed by atoms with Crippen LogP contribution in [0.5, 0.6) is 0 Å². The third-order valence-corrected chi connectivity index (χ3v) is 4.93. The Labute approximate surface area is 132 Å². The number of halogens is 1. The Hall–Kier alpha value is -0.380. The second kappa shape index (κ2) is 8.16. The van der Waals surface area contributed by atoms with E-state index in [2.05, 4.69) is 64.3 Å². The van der Waals surface area contributed by atoms with Crippen LogP contribution in [-0.4, -0.2) is 37.1 Å². The summed E-state index contributed by atoms with van der Waals surface area (Å²) in [7, 11) is 0. The van der Waals surface area contributed by atoms with Gasteiger partial charge in [0.15, 0.2) is 0 Å². The quantitative estimate of drug-likeness (QED) is 0.720. The average Bonchev–Trinajstić information content (AvgIpc) is 2.40. The molecule has 2 rings (SSSR count). The maximum Gasteiger partial charge on any atom is 0.0178 e. The Balaban J connectivity index is 1.60. The molecule has 1 aliphatic carbocycles. The van der Waals surface area contributed by atoms with Crippen molar-refractivity contribution in [3.8, 4) is 0 Å². The van der Waals surface area contributed by atoms with Gasteiger partial charge in [-0.15, -0.1) is 0 Å². The molecule has 0 unspecified atom stereocenters. The van der Waals surface area contributed by atoms with E-state index in [-0.39, 0.29) is 0 Å². The van der Waals surface area contributed by atoms with Crippen molar-refractivity contribution in [1.29, 1.82) is 0 Å². The first-order chi connectivity index (χ1) is 9.72. The lowest BCUT2D eigenvalue weighted by molar-refractivity contribution is 0.268. The van der Waals surface area contributed by atoms with Crippen molar-refractivity contribution in [1.82, 2.24) is 10.2 Å². The summed E-state index contributed by atoms with van der Waals surface area (Å²) in [4.78, 5) is 2.49. The fourth-order valence-electron chi connectivity index (χ4n) is 2.97. The van der Waals surface area contributed by atoms with Crippen LogP contribution in [0.2, 0.25) is 0 Å². The highest BCUT2D eigenvalue weighted by Crippen LogP contribution is 2.37. The molecule has 1 aromatic carbocycles. The molecule has 0 atom stereocenters. The fourth-order valence-corrected chi connectivity index (χ4v) is 3.38. The topological polar surface area (TPSA) is 15.3 Å². The van der Waals surface area contributed by atoms with Gasteiger partial charge in [0.25, 0.3) is 0 Å². The largest absolute Gasteiger partial charge is 0.314 e. The zero-order chi connectivity index (χ0) is 14.4. The molecular formula is C17H27BrN2. The van der Waals surface area contributed by atoms with Crippen LogP contribution in [0.1, 0.15) is 44.6 Å². The standard InChI is InChI=1S/C17H27BrN2/c1-3-20(4-2)10-6-9-19-17-12-15(13-17)14-7-5-8-16(18)11-14/h5,7-8,11,15,17,19H,3-4,6,9-10,12-13H2,1-2H3. The SMILES string of the molecule is CCN(CC)CCCNC1CC(c2cccc(Br)c2)C1. The Morgan fingerprint density at radius 1 is 1.25 bits per heavy atom. The van der Waals surface area contributed by atoms with Gasteiger partial charge in [0, 0.05) is 10.5 Å². The number of benzene rings is 1. The maximum absolute atomic E-state index is 3.70. The molecule has 3 heteroatoms. The number of hydrogen-bond donors (Lipinski definition) is 1. The summed E-state index contributed by atoms with van der Waals surface area (Å²) in [5.41, 5.74) is 1.49. The van der Waals surface area contributed by atoms with E-state index in [9.17, 15) is 0 Å². The lowest BCUT2D eigenvalue weighted by Gasteiger charge is -2.36. The van der Waals surface area contributed by atoms with Crippen molar-refractivity contribution in [3.63, 3.8) is 0 Å². The van der Waals surface area contributed by atoms with Crippen molar-refractivity contribution in [2.45, 2.75) is 45.1 Å².